The smallest absolute Gasteiger partial charge is 0.342 e. The molecule has 1 amide bonds. The van der Waals surface area contributed by atoms with Crippen LogP contribution in [0.15, 0.2) is 48.5 Å². The minimum absolute atomic E-state index is 0.0280. The summed E-state index contributed by atoms with van der Waals surface area (Å²) >= 11 is 0. The minimum Gasteiger partial charge on any atom is -0.488 e. The number of rotatable bonds is 8. The predicted octanol–water partition coefficient (Wildman–Crippen LogP) is 2.86. The van der Waals surface area contributed by atoms with E-state index in [9.17, 15) is 14.0 Å². The van der Waals surface area contributed by atoms with Crippen LogP contribution >= 0.6 is 0 Å². The van der Waals surface area contributed by atoms with E-state index < -0.39 is 5.97 Å². The van der Waals surface area contributed by atoms with Crippen LogP contribution in [0, 0.1) is 5.82 Å². The van der Waals surface area contributed by atoms with E-state index >= 15 is 0 Å². The summed E-state index contributed by atoms with van der Waals surface area (Å²) in [4.78, 5) is 24.2. The van der Waals surface area contributed by atoms with Gasteiger partial charge < -0.3 is 19.5 Å². The van der Waals surface area contributed by atoms with E-state index in [2.05, 4.69) is 5.32 Å². The third-order valence-corrected chi connectivity index (χ3v) is 4.30. The minimum atomic E-state index is -0.651. The molecule has 6 nitrogen and oxygen atoms in total. The third kappa shape index (κ3) is 5.79. The highest BCUT2D eigenvalue weighted by molar-refractivity contribution is 5.93. The van der Waals surface area contributed by atoms with E-state index in [-0.39, 0.29) is 36.6 Å². The summed E-state index contributed by atoms with van der Waals surface area (Å²) in [6.45, 7) is 0.919. The zero-order chi connectivity index (χ0) is 19.8. The Labute approximate surface area is 162 Å². The topological polar surface area (TPSA) is 73.9 Å². The van der Waals surface area contributed by atoms with Crippen LogP contribution in [-0.2, 0) is 20.9 Å². The van der Waals surface area contributed by atoms with Crippen molar-refractivity contribution in [3.8, 4) is 5.75 Å². The van der Waals surface area contributed by atoms with Gasteiger partial charge in [0.2, 0.25) is 0 Å². The lowest BCUT2D eigenvalue weighted by Gasteiger charge is -2.12. The number of benzene rings is 2. The molecule has 1 atom stereocenters. The molecule has 1 aliphatic rings. The van der Waals surface area contributed by atoms with Crippen LogP contribution < -0.4 is 10.1 Å². The molecule has 0 unspecified atom stereocenters. The molecule has 148 valence electrons. The average molecular weight is 387 g/mol. The van der Waals surface area contributed by atoms with E-state index in [4.69, 9.17) is 14.2 Å². The maximum Gasteiger partial charge on any atom is 0.342 e. The molecule has 0 spiro atoms. The van der Waals surface area contributed by atoms with Crippen LogP contribution in [0.1, 0.15) is 28.8 Å². The number of amides is 1. The fraction of sp³-hybridized carbons (Fsp3) is 0.333. The summed E-state index contributed by atoms with van der Waals surface area (Å²) in [6, 6.07) is 12.5. The second kappa shape index (κ2) is 9.85. The molecule has 2 aromatic rings. The Hall–Kier alpha value is -2.93. The highest BCUT2D eigenvalue weighted by atomic mass is 19.1. The molecule has 2 aromatic carbocycles. The Balaban J connectivity index is 1.50. The SMILES string of the molecule is O=C(COC(=O)c1ccccc1OCc1ccc(F)cc1)NC[C@H]1CCCO1. The number of nitrogens with one attached hydrogen (secondary N) is 1. The lowest BCUT2D eigenvalue weighted by molar-refractivity contribution is -0.124. The lowest BCUT2D eigenvalue weighted by Crippen LogP contribution is -2.34. The quantitative estimate of drug-likeness (QED) is 0.705. The van der Waals surface area contributed by atoms with Crippen LogP contribution in [0.5, 0.6) is 5.75 Å². The van der Waals surface area contributed by atoms with Crippen molar-refractivity contribution in [3.05, 3.63) is 65.5 Å². The Morgan fingerprint density at radius 1 is 1.14 bits per heavy atom. The van der Waals surface area contributed by atoms with Gasteiger partial charge >= 0.3 is 5.97 Å². The van der Waals surface area contributed by atoms with Crippen LogP contribution in [0.2, 0.25) is 0 Å². The Kier molecular flexibility index (Phi) is 6.97. The fourth-order valence-electron chi connectivity index (χ4n) is 2.80. The Bertz CT molecular complexity index is 803. The van der Waals surface area contributed by atoms with Crippen molar-refractivity contribution in [1.29, 1.82) is 0 Å². The molecular formula is C21H22FNO5. The molecule has 0 aliphatic carbocycles. The summed E-state index contributed by atoms with van der Waals surface area (Å²) in [5, 5.41) is 2.69. The van der Waals surface area contributed by atoms with E-state index in [0.717, 1.165) is 18.4 Å². The van der Waals surface area contributed by atoms with Crippen molar-refractivity contribution < 1.29 is 28.2 Å². The average Bonchev–Trinajstić information content (AvgIpc) is 3.24. The number of para-hydroxylation sites is 1. The largest absolute Gasteiger partial charge is 0.488 e. The third-order valence-electron chi connectivity index (χ3n) is 4.30. The number of hydrogen-bond acceptors (Lipinski definition) is 5. The van der Waals surface area contributed by atoms with Gasteiger partial charge in [-0.3, -0.25) is 4.79 Å². The van der Waals surface area contributed by atoms with E-state index in [1.165, 1.54) is 12.1 Å². The number of carbonyl (C=O) groups excluding carboxylic acids is 2. The van der Waals surface area contributed by atoms with Gasteiger partial charge in [-0.25, -0.2) is 9.18 Å². The number of carbonyl (C=O) groups is 2. The van der Waals surface area contributed by atoms with Crippen molar-refractivity contribution in [3.63, 3.8) is 0 Å². The number of ether oxygens (including phenoxy) is 3. The molecule has 1 fully saturated rings. The molecular weight excluding hydrogens is 365 g/mol. The maximum atomic E-state index is 13.0. The standard InChI is InChI=1S/C21H22FNO5/c22-16-9-7-15(8-10-16)13-27-19-6-2-1-5-18(19)21(25)28-14-20(24)23-12-17-4-3-11-26-17/h1-2,5-10,17H,3-4,11-14H2,(H,23,24)/t17-/m1/s1. The van der Waals surface area contributed by atoms with E-state index in [0.29, 0.717) is 18.9 Å². The van der Waals surface area contributed by atoms with Gasteiger partial charge in [0.1, 0.15) is 23.7 Å². The fourth-order valence-corrected chi connectivity index (χ4v) is 2.80. The van der Waals surface area contributed by atoms with Crippen molar-refractivity contribution >= 4 is 11.9 Å². The van der Waals surface area contributed by atoms with Crippen molar-refractivity contribution in [2.24, 2.45) is 0 Å². The Morgan fingerprint density at radius 2 is 1.93 bits per heavy atom. The molecule has 0 aromatic heterocycles. The molecule has 0 bridgehead atoms. The molecule has 28 heavy (non-hydrogen) atoms. The highest BCUT2D eigenvalue weighted by Gasteiger charge is 2.18. The first-order chi connectivity index (χ1) is 13.6. The van der Waals surface area contributed by atoms with Gasteiger partial charge in [0.15, 0.2) is 6.61 Å². The van der Waals surface area contributed by atoms with Gasteiger partial charge in [-0.2, -0.15) is 0 Å². The van der Waals surface area contributed by atoms with Crippen LogP contribution in [0.4, 0.5) is 4.39 Å². The molecule has 1 heterocycles. The molecule has 7 heteroatoms. The van der Waals surface area contributed by atoms with Crippen LogP contribution in [0.3, 0.4) is 0 Å². The maximum absolute atomic E-state index is 13.0. The van der Waals surface area contributed by atoms with E-state index in [1.807, 2.05) is 0 Å². The summed E-state index contributed by atoms with van der Waals surface area (Å²) < 4.78 is 29.2. The van der Waals surface area contributed by atoms with Gasteiger partial charge in [0, 0.05) is 13.2 Å². The summed E-state index contributed by atoms with van der Waals surface area (Å²) in [6.07, 6.45) is 1.93. The zero-order valence-electron chi connectivity index (χ0n) is 15.4. The number of halogens is 1. The monoisotopic (exact) mass is 387 g/mol. The second-order valence-corrected chi connectivity index (χ2v) is 6.43. The van der Waals surface area contributed by atoms with Crippen molar-refractivity contribution in [2.75, 3.05) is 19.8 Å². The van der Waals surface area contributed by atoms with E-state index in [1.54, 1.807) is 36.4 Å². The first kappa shape index (κ1) is 19.8. The summed E-state index contributed by atoms with van der Waals surface area (Å²) in [7, 11) is 0. The first-order valence-corrected chi connectivity index (χ1v) is 9.13. The molecule has 1 aliphatic heterocycles. The van der Waals surface area contributed by atoms with Gasteiger partial charge in [-0.15, -0.1) is 0 Å². The molecule has 1 saturated heterocycles. The van der Waals surface area contributed by atoms with Gasteiger partial charge in [-0.05, 0) is 42.7 Å². The molecule has 0 radical (unpaired) electrons. The first-order valence-electron chi connectivity index (χ1n) is 9.13. The predicted molar refractivity (Wildman–Crippen MR) is 99.4 cm³/mol. The number of esters is 1. The van der Waals surface area contributed by atoms with Gasteiger partial charge in [0.25, 0.3) is 5.91 Å². The molecule has 0 saturated carbocycles. The Morgan fingerprint density at radius 3 is 2.68 bits per heavy atom. The highest BCUT2D eigenvalue weighted by Crippen LogP contribution is 2.20. The van der Waals surface area contributed by atoms with Crippen molar-refractivity contribution in [1.82, 2.24) is 5.32 Å². The molecule has 3 rings (SSSR count). The van der Waals surface area contributed by atoms with Gasteiger partial charge in [0.05, 0.1) is 6.10 Å². The van der Waals surface area contributed by atoms with Crippen LogP contribution in [0.25, 0.3) is 0 Å². The molecule has 1 N–H and O–H groups in total. The lowest BCUT2D eigenvalue weighted by atomic mass is 10.2. The normalized spacial score (nSPS) is 15.8. The van der Waals surface area contributed by atoms with Crippen LogP contribution in [-0.4, -0.2) is 37.7 Å². The zero-order valence-corrected chi connectivity index (χ0v) is 15.4. The second-order valence-electron chi connectivity index (χ2n) is 6.43. The summed E-state index contributed by atoms with van der Waals surface area (Å²) in [5.74, 6) is -1.03. The summed E-state index contributed by atoms with van der Waals surface area (Å²) in [5.41, 5.74) is 0.981. The van der Waals surface area contributed by atoms with Gasteiger partial charge in [-0.1, -0.05) is 24.3 Å². The number of hydrogen-bond donors (Lipinski definition) is 1. The van der Waals surface area contributed by atoms with Crippen molar-refractivity contribution in [2.45, 2.75) is 25.6 Å².